The molecule has 6 heteroatoms. The van der Waals surface area contributed by atoms with Gasteiger partial charge in [-0.25, -0.2) is 13.2 Å². The van der Waals surface area contributed by atoms with Gasteiger partial charge in [0.05, 0.1) is 6.26 Å². The van der Waals surface area contributed by atoms with E-state index in [0.29, 0.717) is 0 Å². The molecule has 0 aromatic rings. The summed E-state index contributed by atoms with van der Waals surface area (Å²) in [6.45, 7) is 0. The fourth-order valence-electron chi connectivity index (χ4n) is 0.688. The van der Waals surface area contributed by atoms with Crippen molar-refractivity contribution in [2.75, 3.05) is 17.8 Å². The van der Waals surface area contributed by atoms with E-state index < -0.39 is 10.0 Å². The first kappa shape index (κ1) is 8.86. The highest BCUT2D eigenvalue weighted by atomic mass is 32.2. The maximum Gasteiger partial charge on any atom is 0.244 e. The van der Waals surface area contributed by atoms with Crippen LogP contribution in [-0.2, 0) is 10.0 Å². The van der Waals surface area contributed by atoms with E-state index in [1.807, 2.05) is 0 Å². The zero-order chi connectivity index (χ0) is 8.32. The first-order valence-electron chi connectivity index (χ1n) is 3.18. The monoisotopic (exact) mass is 194 g/mol. The molecule has 0 aromatic heterocycles. The van der Waals surface area contributed by atoms with Crippen molar-refractivity contribution in [1.29, 1.82) is 0 Å². The first-order valence-corrected chi connectivity index (χ1v) is 6.22. The second-order valence-electron chi connectivity index (χ2n) is 2.34. The van der Waals surface area contributed by atoms with Crippen LogP contribution < -0.4 is 4.83 Å². The summed E-state index contributed by atoms with van der Waals surface area (Å²) < 4.78 is 21.1. The van der Waals surface area contributed by atoms with E-state index >= 15 is 0 Å². The van der Waals surface area contributed by atoms with Gasteiger partial charge in [0.15, 0.2) is 0 Å². The smallest absolute Gasteiger partial charge is 0.206 e. The van der Waals surface area contributed by atoms with Crippen molar-refractivity contribution in [2.24, 2.45) is 5.10 Å². The molecule has 1 aliphatic heterocycles. The molecular weight excluding hydrogens is 184 g/mol. The fourth-order valence-corrected chi connectivity index (χ4v) is 1.95. The SMILES string of the molecule is CS(=O)(=O)N/N=C1\CCSC1. The second-order valence-corrected chi connectivity index (χ2v) is 5.18. The van der Waals surface area contributed by atoms with Crippen LogP contribution in [0.4, 0.5) is 0 Å². The van der Waals surface area contributed by atoms with Gasteiger partial charge in [-0.05, 0) is 12.2 Å². The zero-order valence-corrected chi connectivity index (χ0v) is 7.83. The Labute approximate surface area is 70.5 Å². The highest BCUT2D eigenvalue weighted by Crippen LogP contribution is 2.13. The molecule has 1 fully saturated rings. The number of sulfonamides is 1. The first-order chi connectivity index (χ1) is 5.08. The molecule has 0 unspecified atom stereocenters. The molecule has 1 rings (SSSR count). The number of nitrogens with one attached hydrogen (secondary N) is 1. The van der Waals surface area contributed by atoms with Crippen LogP contribution in [0.15, 0.2) is 5.10 Å². The van der Waals surface area contributed by atoms with Crippen molar-refractivity contribution < 1.29 is 8.42 Å². The van der Waals surface area contributed by atoms with Crippen LogP contribution in [0.25, 0.3) is 0 Å². The summed E-state index contributed by atoms with van der Waals surface area (Å²) in [5.41, 5.74) is 0.931. The molecule has 11 heavy (non-hydrogen) atoms. The third kappa shape index (κ3) is 3.62. The summed E-state index contributed by atoms with van der Waals surface area (Å²) in [5, 5.41) is 3.75. The van der Waals surface area contributed by atoms with Gasteiger partial charge in [-0.2, -0.15) is 16.9 Å². The van der Waals surface area contributed by atoms with Crippen LogP contribution >= 0.6 is 11.8 Å². The van der Waals surface area contributed by atoms with Crippen LogP contribution in [0.2, 0.25) is 0 Å². The standard InChI is InChI=1S/C5H10N2O2S2/c1-11(8,9)7-6-5-2-3-10-4-5/h7H,2-4H2,1H3/b6-5+. The predicted octanol–water partition coefficient (Wildman–Crippen LogP) is 0.0285. The molecular formula is C5H10N2O2S2. The average molecular weight is 194 g/mol. The van der Waals surface area contributed by atoms with Crippen LogP contribution in [0.5, 0.6) is 0 Å². The van der Waals surface area contributed by atoms with Crippen molar-refractivity contribution >= 4 is 27.5 Å². The molecule has 1 N–H and O–H groups in total. The highest BCUT2D eigenvalue weighted by molar-refractivity contribution is 8.00. The third-order valence-corrected chi connectivity index (χ3v) is 2.63. The molecule has 0 atom stereocenters. The minimum atomic E-state index is -3.16. The normalized spacial score (nSPS) is 22.5. The summed E-state index contributed by atoms with van der Waals surface area (Å²) in [7, 11) is -3.16. The van der Waals surface area contributed by atoms with E-state index in [-0.39, 0.29) is 0 Å². The van der Waals surface area contributed by atoms with E-state index in [9.17, 15) is 8.42 Å². The molecule has 1 heterocycles. The maximum absolute atomic E-state index is 10.6. The topological polar surface area (TPSA) is 58.5 Å². The molecule has 0 bridgehead atoms. The second kappa shape index (κ2) is 3.44. The van der Waals surface area contributed by atoms with Gasteiger partial charge in [-0.15, -0.1) is 0 Å². The minimum absolute atomic E-state index is 0.850. The highest BCUT2D eigenvalue weighted by Gasteiger charge is 2.08. The quantitative estimate of drug-likeness (QED) is 0.631. The Kier molecular flexibility index (Phi) is 2.78. The van der Waals surface area contributed by atoms with Crippen molar-refractivity contribution in [3.8, 4) is 0 Å². The van der Waals surface area contributed by atoms with E-state index in [1.54, 1.807) is 11.8 Å². The lowest BCUT2D eigenvalue weighted by atomic mass is 10.3. The Bertz CT molecular complexity index is 250. The Morgan fingerprint density at radius 2 is 2.36 bits per heavy atom. The number of hydrogen-bond acceptors (Lipinski definition) is 4. The Balaban J connectivity index is 2.47. The molecule has 0 amide bonds. The van der Waals surface area contributed by atoms with Gasteiger partial charge < -0.3 is 0 Å². The average Bonchev–Trinajstić information content (AvgIpc) is 2.32. The lowest BCUT2D eigenvalue weighted by molar-refractivity contribution is 0.590. The molecule has 0 radical (unpaired) electrons. The van der Waals surface area contributed by atoms with Crippen molar-refractivity contribution in [3.05, 3.63) is 0 Å². The van der Waals surface area contributed by atoms with Crippen LogP contribution in [0, 0.1) is 0 Å². The number of thioether (sulfide) groups is 1. The zero-order valence-electron chi connectivity index (χ0n) is 6.20. The molecule has 0 aliphatic carbocycles. The molecule has 0 saturated carbocycles. The van der Waals surface area contributed by atoms with Gasteiger partial charge in [0, 0.05) is 11.5 Å². The Morgan fingerprint density at radius 3 is 2.82 bits per heavy atom. The summed E-state index contributed by atoms with van der Waals surface area (Å²) in [4.78, 5) is 2.11. The third-order valence-electron chi connectivity index (χ3n) is 1.17. The van der Waals surface area contributed by atoms with Crippen molar-refractivity contribution in [2.45, 2.75) is 6.42 Å². The van der Waals surface area contributed by atoms with E-state index in [0.717, 1.165) is 29.9 Å². The van der Waals surface area contributed by atoms with Crippen LogP contribution in [-0.4, -0.2) is 31.9 Å². The van der Waals surface area contributed by atoms with Crippen molar-refractivity contribution in [1.82, 2.24) is 4.83 Å². The minimum Gasteiger partial charge on any atom is -0.206 e. The molecule has 1 aliphatic rings. The molecule has 64 valence electrons. The van der Waals surface area contributed by atoms with E-state index in [1.165, 1.54) is 0 Å². The van der Waals surface area contributed by atoms with Gasteiger partial charge in [-0.3, -0.25) is 0 Å². The number of hydrazone groups is 1. The molecule has 0 spiro atoms. The van der Waals surface area contributed by atoms with Crippen LogP contribution in [0.3, 0.4) is 0 Å². The molecule has 4 nitrogen and oxygen atoms in total. The van der Waals surface area contributed by atoms with E-state index in [4.69, 9.17) is 0 Å². The van der Waals surface area contributed by atoms with Gasteiger partial charge in [0.25, 0.3) is 0 Å². The Morgan fingerprint density at radius 1 is 1.64 bits per heavy atom. The van der Waals surface area contributed by atoms with Gasteiger partial charge in [-0.1, -0.05) is 0 Å². The summed E-state index contributed by atoms with van der Waals surface area (Å²) in [6, 6.07) is 0. The number of nitrogens with zero attached hydrogens (tertiary/aromatic N) is 1. The van der Waals surface area contributed by atoms with Gasteiger partial charge in [0.2, 0.25) is 10.0 Å². The lowest BCUT2D eigenvalue weighted by Crippen LogP contribution is -2.17. The largest absolute Gasteiger partial charge is 0.244 e. The van der Waals surface area contributed by atoms with Crippen molar-refractivity contribution in [3.63, 3.8) is 0 Å². The summed E-state index contributed by atoms with van der Waals surface area (Å²) in [5.74, 6) is 1.90. The molecule has 0 aromatic carbocycles. The van der Waals surface area contributed by atoms with Gasteiger partial charge in [0.1, 0.15) is 0 Å². The maximum atomic E-state index is 10.6. The predicted molar refractivity (Wildman–Crippen MR) is 47.4 cm³/mol. The van der Waals surface area contributed by atoms with Crippen LogP contribution in [0.1, 0.15) is 6.42 Å². The fraction of sp³-hybridized carbons (Fsp3) is 0.800. The summed E-state index contributed by atoms with van der Waals surface area (Å²) in [6.07, 6.45) is 1.99. The van der Waals surface area contributed by atoms with Gasteiger partial charge >= 0.3 is 0 Å². The summed E-state index contributed by atoms with van der Waals surface area (Å²) >= 11 is 1.77. The number of hydrogen-bond donors (Lipinski definition) is 1. The Hall–Kier alpha value is -0.230. The van der Waals surface area contributed by atoms with E-state index in [2.05, 4.69) is 9.93 Å². The molecule has 1 saturated heterocycles. The lowest BCUT2D eigenvalue weighted by Gasteiger charge is -1.96. The number of rotatable bonds is 2.